The summed E-state index contributed by atoms with van der Waals surface area (Å²) in [6, 6.07) is 9.95. The van der Waals surface area contributed by atoms with E-state index < -0.39 is 0 Å². The molecule has 0 N–H and O–H groups in total. The Balaban J connectivity index is 1.87. The second kappa shape index (κ2) is 10.5. The van der Waals surface area contributed by atoms with Crippen LogP contribution in [0.4, 0.5) is 0 Å². The number of aliphatic imine (C=N–C) groups is 1. The van der Waals surface area contributed by atoms with Crippen LogP contribution in [0.2, 0.25) is 0 Å². The van der Waals surface area contributed by atoms with Crippen LogP contribution >= 0.6 is 11.8 Å². The number of thioether (sulfide) groups is 1. The van der Waals surface area contributed by atoms with Crippen LogP contribution < -0.4 is 4.74 Å². The summed E-state index contributed by atoms with van der Waals surface area (Å²) in [5.74, 6) is 3.87. The molecule has 0 aromatic heterocycles. The molecule has 122 valence electrons. The van der Waals surface area contributed by atoms with Gasteiger partial charge in [0.25, 0.3) is 0 Å². The summed E-state index contributed by atoms with van der Waals surface area (Å²) in [5, 5.41) is 0. The van der Waals surface area contributed by atoms with Crippen molar-refractivity contribution in [2.75, 3.05) is 24.7 Å². The standard InChI is InChI=1S/C18H27NO2S/c1-2-22-15-17(14-20-16-10-6-5-7-11-16)21-18-12-8-3-4-9-13-19-18/h5-7,10-11,17H,2-4,8-9,12-15H2,1H3. The van der Waals surface area contributed by atoms with Gasteiger partial charge in [-0.1, -0.05) is 38.0 Å². The van der Waals surface area contributed by atoms with E-state index in [0.29, 0.717) is 6.61 Å². The molecule has 0 aliphatic carbocycles. The molecule has 1 aromatic rings. The van der Waals surface area contributed by atoms with Crippen molar-refractivity contribution < 1.29 is 9.47 Å². The number of rotatable bonds is 7. The number of nitrogens with zero attached hydrogens (tertiary/aromatic N) is 1. The predicted molar refractivity (Wildman–Crippen MR) is 95.2 cm³/mol. The van der Waals surface area contributed by atoms with E-state index in [9.17, 15) is 0 Å². The predicted octanol–water partition coefficient (Wildman–Crippen LogP) is 4.57. The monoisotopic (exact) mass is 321 g/mol. The van der Waals surface area contributed by atoms with Gasteiger partial charge in [0.05, 0.1) is 0 Å². The highest BCUT2D eigenvalue weighted by molar-refractivity contribution is 7.99. The lowest BCUT2D eigenvalue weighted by Gasteiger charge is -2.21. The Kier molecular flexibility index (Phi) is 8.24. The molecule has 4 heteroatoms. The van der Waals surface area contributed by atoms with E-state index in [1.807, 2.05) is 42.1 Å². The van der Waals surface area contributed by atoms with Crippen molar-refractivity contribution in [2.45, 2.75) is 45.1 Å². The summed E-state index contributed by atoms with van der Waals surface area (Å²) in [5.41, 5.74) is 0. The van der Waals surface area contributed by atoms with E-state index >= 15 is 0 Å². The Morgan fingerprint density at radius 1 is 1.14 bits per heavy atom. The molecule has 0 fully saturated rings. The van der Waals surface area contributed by atoms with Crippen LogP contribution in [0.25, 0.3) is 0 Å². The van der Waals surface area contributed by atoms with Gasteiger partial charge in [-0.15, -0.1) is 0 Å². The number of para-hydroxylation sites is 1. The highest BCUT2D eigenvalue weighted by atomic mass is 32.2. The molecule has 1 aliphatic heterocycles. The van der Waals surface area contributed by atoms with Gasteiger partial charge in [0.2, 0.25) is 0 Å². The molecule has 1 unspecified atom stereocenters. The third-order valence-electron chi connectivity index (χ3n) is 3.58. The van der Waals surface area contributed by atoms with Gasteiger partial charge in [0, 0.05) is 18.7 Å². The van der Waals surface area contributed by atoms with E-state index in [0.717, 1.165) is 36.1 Å². The zero-order valence-electron chi connectivity index (χ0n) is 13.5. The minimum absolute atomic E-state index is 0.0725. The minimum Gasteiger partial charge on any atom is -0.490 e. The lowest BCUT2D eigenvalue weighted by molar-refractivity contribution is 0.132. The first-order chi connectivity index (χ1) is 10.9. The first-order valence-corrected chi connectivity index (χ1v) is 9.49. The molecule has 0 bridgehead atoms. The van der Waals surface area contributed by atoms with Gasteiger partial charge in [0.1, 0.15) is 18.5 Å². The number of hydrogen-bond acceptors (Lipinski definition) is 4. The average Bonchev–Trinajstić information content (AvgIpc) is 2.53. The zero-order chi connectivity index (χ0) is 15.5. The topological polar surface area (TPSA) is 30.8 Å². The van der Waals surface area contributed by atoms with Gasteiger partial charge in [0.15, 0.2) is 5.90 Å². The molecule has 0 radical (unpaired) electrons. The number of benzene rings is 1. The molecule has 22 heavy (non-hydrogen) atoms. The normalized spacial score (nSPS) is 17.0. The molecule has 0 saturated heterocycles. The first kappa shape index (κ1) is 17.2. The Labute approximate surface area is 138 Å². The van der Waals surface area contributed by atoms with Crippen molar-refractivity contribution in [3.63, 3.8) is 0 Å². The van der Waals surface area contributed by atoms with Crippen molar-refractivity contribution in [1.29, 1.82) is 0 Å². The summed E-state index contributed by atoms with van der Waals surface area (Å²) in [7, 11) is 0. The SMILES string of the molecule is CCSCC(COc1ccccc1)OC1=NCCCCCC1. The van der Waals surface area contributed by atoms with Crippen LogP contribution in [0, 0.1) is 0 Å². The van der Waals surface area contributed by atoms with Gasteiger partial charge in [-0.2, -0.15) is 11.8 Å². The quantitative estimate of drug-likeness (QED) is 0.737. The Bertz CT molecular complexity index is 436. The second-order valence-electron chi connectivity index (χ2n) is 5.46. The average molecular weight is 321 g/mol. The number of hydrogen-bond donors (Lipinski definition) is 0. The van der Waals surface area contributed by atoms with Crippen molar-refractivity contribution in [3.05, 3.63) is 30.3 Å². The fourth-order valence-electron chi connectivity index (χ4n) is 2.38. The van der Waals surface area contributed by atoms with E-state index in [1.165, 1.54) is 25.7 Å². The van der Waals surface area contributed by atoms with Crippen LogP contribution in [0.3, 0.4) is 0 Å². The molecule has 1 aromatic carbocycles. The van der Waals surface area contributed by atoms with Crippen molar-refractivity contribution in [2.24, 2.45) is 4.99 Å². The van der Waals surface area contributed by atoms with Crippen LogP contribution in [-0.4, -0.2) is 36.7 Å². The summed E-state index contributed by atoms with van der Waals surface area (Å²) < 4.78 is 12.0. The lowest BCUT2D eigenvalue weighted by atomic mass is 10.1. The van der Waals surface area contributed by atoms with E-state index in [-0.39, 0.29) is 6.10 Å². The van der Waals surface area contributed by atoms with Crippen molar-refractivity contribution in [3.8, 4) is 5.75 Å². The molecule has 2 rings (SSSR count). The third kappa shape index (κ3) is 6.73. The summed E-state index contributed by atoms with van der Waals surface area (Å²) in [4.78, 5) is 4.62. The Morgan fingerprint density at radius 3 is 2.77 bits per heavy atom. The van der Waals surface area contributed by atoms with Gasteiger partial charge in [-0.3, -0.25) is 4.99 Å². The van der Waals surface area contributed by atoms with E-state index in [2.05, 4.69) is 11.9 Å². The van der Waals surface area contributed by atoms with Crippen LogP contribution in [0.5, 0.6) is 5.75 Å². The van der Waals surface area contributed by atoms with Crippen LogP contribution in [0.15, 0.2) is 35.3 Å². The highest BCUT2D eigenvalue weighted by Crippen LogP contribution is 2.15. The maximum Gasteiger partial charge on any atom is 0.183 e. The Morgan fingerprint density at radius 2 is 1.95 bits per heavy atom. The van der Waals surface area contributed by atoms with Gasteiger partial charge in [-0.25, -0.2) is 0 Å². The van der Waals surface area contributed by atoms with E-state index in [1.54, 1.807) is 0 Å². The van der Waals surface area contributed by atoms with E-state index in [4.69, 9.17) is 9.47 Å². The molecule has 0 spiro atoms. The highest BCUT2D eigenvalue weighted by Gasteiger charge is 2.15. The molecule has 0 saturated carbocycles. The first-order valence-electron chi connectivity index (χ1n) is 8.34. The fourth-order valence-corrected chi connectivity index (χ4v) is 3.05. The van der Waals surface area contributed by atoms with Crippen molar-refractivity contribution in [1.82, 2.24) is 0 Å². The summed E-state index contributed by atoms with van der Waals surface area (Å²) in [6.07, 6.45) is 6.00. The van der Waals surface area contributed by atoms with Crippen molar-refractivity contribution >= 4 is 17.7 Å². The lowest BCUT2D eigenvalue weighted by Crippen LogP contribution is -2.28. The summed E-state index contributed by atoms with van der Waals surface area (Å²) >= 11 is 1.89. The molecule has 1 atom stereocenters. The molecule has 1 aliphatic rings. The van der Waals surface area contributed by atoms with Crippen LogP contribution in [0.1, 0.15) is 39.0 Å². The smallest absolute Gasteiger partial charge is 0.183 e. The molecule has 3 nitrogen and oxygen atoms in total. The largest absolute Gasteiger partial charge is 0.490 e. The van der Waals surface area contributed by atoms with Gasteiger partial charge in [-0.05, 0) is 30.7 Å². The molecular formula is C18H27NO2S. The fraction of sp³-hybridized carbons (Fsp3) is 0.611. The maximum absolute atomic E-state index is 6.15. The van der Waals surface area contributed by atoms with Gasteiger partial charge < -0.3 is 9.47 Å². The third-order valence-corrected chi connectivity index (χ3v) is 4.59. The second-order valence-corrected chi connectivity index (χ2v) is 6.78. The zero-order valence-corrected chi connectivity index (χ0v) is 14.3. The van der Waals surface area contributed by atoms with Gasteiger partial charge >= 0.3 is 0 Å². The van der Waals surface area contributed by atoms with Crippen LogP contribution in [-0.2, 0) is 4.74 Å². The Hall–Kier alpha value is -1.16. The summed E-state index contributed by atoms with van der Waals surface area (Å²) in [6.45, 7) is 3.66. The maximum atomic E-state index is 6.15. The molecule has 1 heterocycles. The minimum atomic E-state index is 0.0725. The number of ether oxygens (including phenoxy) is 2. The molecule has 0 amide bonds. The molecular weight excluding hydrogens is 294 g/mol.